The smallest absolute Gasteiger partial charge is 0.157 e. The Hall–Kier alpha value is -1.61. The molecule has 0 radical (unpaired) electrons. The number of anilines is 1. The van der Waals surface area contributed by atoms with Gasteiger partial charge in [0.25, 0.3) is 0 Å². The third-order valence-corrected chi connectivity index (χ3v) is 1.78. The highest BCUT2D eigenvalue weighted by Crippen LogP contribution is 2.19. The second kappa shape index (κ2) is 2.79. The molecule has 2 N–H and O–H groups in total. The average molecular weight is 160 g/mol. The Morgan fingerprint density at radius 2 is 2.00 bits per heavy atom. The molecule has 0 amide bonds. The second-order valence-corrected chi connectivity index (χ2v) is 2.49. The molecule has 12 heavy (non-hydrogen) atoms. The number of aromatic nitrogens is 1. The molecule has 1 heterocycles. The van der Waals surface area contributed by atoms with Gasteiger partial charge in [-0.05, 0) is 11.5 Å². The van der Waals surface area contributed by atoms with E-state index >= 15 is 0 Å². The summed E-state index contributed by atoms with van der Waals surface area (Å²) in [5.41, 5.74) is 2.06. The van der Waals surface area contributed by atoms with E-state index in [9.17, 15) is 0 Å². The minimum atomic E-state index is 0.494. The molecule has 0 aliphatic carbocycles. The van der Waals surface area contributed by atoms with Gasteiger partial charge < -0.3 is 0 Å². The van der Waals surface area contributed by atoms with E-state index in [1.54, 1.807) is 6.20 Å². The number of pyridine rings is 1. The molecule has 0 unspecified atom stereocenters. The van der Waals surface area contributed by atoms with Crippen LogP contribution in [0.4, 0.5) is 5.82 Å². The van der Waals surface area contributed by atoms with Gasteiger partial charge in [0, 0.05) is 11.6 Å². The zero-order valence-electron chi connectivity index (χ0n) is 6.36. The van der Waals surface area contributed by atoms with E-state index in [2.05, 4.69) is 10.5 Å². The zero-order valence-corrected chi connectivity index (χ0v) is 6.36. The van der Waals surface area contributed by atoms with E-state index < -0.39 is 0 Å². The number of hydrogen-bond acceptors (Lipinski definition) is 3. The fourth-order valence-corrected chi connectivity index (χ4v) is 1.21. The third-order valence-electron chi connectivity index (χ3n) is 1.78. The molecular formula is C9H8N2O. The molecule has 0 fully saturated rings. The first-order chi connectivity index (χ1) is 5.92. The lowest BCUT2D eigenvalue weighted by Gasteiger charge is -2.01. The van der Waals surface area contributed by atoms with Crippen molar-refractivity contribution in [2.45, 2.75) is 0 Å². The summed E-state index contributed by atoms with van der Waals surface area (Å²) in [5, 5.41) is 10.7. The van der Waals surface area contributed by atoms with E-state index in [1.807, 2.05) is 30.3 Å². The topological polar surface area (TPSA) is 45.1 Å². The molecule has 2 aromatic rings. The summed E-state index contributed by atoms with van der Waals surface area (Å²) in [6, 6.07) is 9.63. The average Bonchev–Trinajstić information content (AvgIpc) is 2.17. The molecule has 0 aliphatic rings. The van der Waals surface area contributed by atoms with Crippen molar-refractivity contribution >= 4 is 16.6 Å². The van der Waals surface area contributed by atoms with E-state index in [-0.39, 0.29) is 0 Å². The number of nitrogens with zero attached hydrogens (tertiary/aromatic N) is 1. The first-order valence-corrected chi connectivity index (χ1v) is 3.65. The Kier molecular flexibility index (Phi) is 1.64. The van der Waals surface area contributed by atoms with Gasteiger partial charge in [-0.15, -0.1) is 0 Å². The second-order valence-electron chi connectivity index (χ2n) is 2.49. The van der Waals surface area contributed by atoms with Crippen LogP contribution in [0.2, 0.25) is 0 Å². The van der Waals surface area contributed by atoms with E-state index in [4.69, 9.17) is 5.21 Å². The minimum absolute atomic E-state index is 0.494. The highest BCUT2D eigenvalue weighted by molar-refractivity contribution is 5.91. The summed E-state index contributed by atoms with van der Waals surface area (Å²) in [6.45, 7) is 0. The number of rotatable bonds is 1. The standard InChI is InChI=1S/C9H8N2O/c12-11-9-8-4-2-1-3-7(8)5-6-10-9/h1-6,12H,(H,10,11). The lowest BCUT2D eigenvalue weighted by molar-refractivity contribution is 0.387. The monoisotopic (exact) mass is 160 g/mol. The Bertz CT molecular complexity index is 395. The molecule has 2 rings (SSSR count). The summed E-state index contributed by atoms with van der Waals surface area (Å²) < 4.78 is 0. The minimum Gasteiger partial charge on any atom is -0.290 e. The highest BCUT2D eigenvalue weighted by Gasteiger charge is 1.97. The van der Waals surface area contributed by atoms with Gasteiger partial charge in [0.15, 0.2) is 5.82 Å². The molecule has 0 saturated heterocycles. The van der Waals surface area contributed by atoms with Gasteiger partial charge in [-0.1, -0.05) is 24.3 Å². The fourth-order valence-electron chi connectivity index (χ4n) is 1.21. The molecule has 3 nitrogen and oxygen atoms in total. The van der Waals surface area contributed by atoms with Crippen molar-refractivity contribution < 1.29 is 5.21 Å². The summed E-state index contributed by atoms with van der Waals surface area (Å²) in [5.74, 6) is 0.494. The summed E-state index contributed by atoms with van der Waals surface area (Å²) in [7, 11) is 0. The lowest BCUT2D eigenvalue weighted by atomic mass is 10.2. The number of benzene rings is 1. The van der Waals surface area contributed by atoms with Gasteiger partial charge in [-0.25, -0.2) is 4.98 Å². The largest absolute Gasteiger partial charge is 0.290 e. The van der Waals surface area contributed by atoms with Crippen LogP contribution in [0.25, 0.3) is 10.8 Å². The normalized spacial score (nSPS) is 10.1. The number of fused-ring (bicyclic) bond motifs is 1. The molecule has 60 valence electrons. The highest BCUT2D eigenvalue weighted by atomic mass is 16.5. The van der Waals surface area contributed by atoms with Crippen LogP contribution in [0.1, 0.15) is 0 Å². The van der Waals surface area contributed by atoms with Gasteiger partial charge in [0.1, 0.15) is 0 Å². The lowest BCUT2D eigenvalue weighted by Crippen LogP contribution is -1.92. The molecule has 0 bridgehead atoms. The van der Waals surface area contributed by atoms with Gasteiger partial charge in [0.2, 0.25) is 0 Å². The van der Waals surface area contributed by atoms with Crippen molar-refractivity contribution in [3.05, 3.63) is 36.5 Å². The maximum Gasteiger partial charge on any atom is 0.157 e. The summed E-state index contributed by atoms with van der Waals surface area (Å²) >= 11 is 0. The maximum absolute atomic E-state index is 8.72. The van der Waals surface area contributed by atoms with E-state index in [1.165, 1.54) is 0 Å². The van der Waals surface area contributed by atoms with Crippen LogP contribution >= 0.6 is 0 Å². The molecule has 0 atom stereocenters. The van der Waals surface area contributed by atoms with Crippen LogP contribution in [-0.4, -0.2) is 10.2 Å². The fraction of sp³-hybridized carbons (Fsp3) is 0. The Morgan fingerprint density at radius 3 is 2.83 bits per heavy atom. The Balaban J connectivity index is 2.79. The molecule has 0 aliphatic heterocycles. The molecule has 1 aromatic carbocycles. The quantitative estimate of drug-likeness (QED) is 0.627. The van der Waals surface area contributed by atoms with Crippen LogP contribution < -0.4 is 5.48 Å². The Labute approximate surface area is 69.6 Å². The van der Waals surface area contributed by atoms with Gasteiger partial charge >= 0.3 is 0 Å². The van der Waals surface area contributed by atoms with Gasteiger partial charge in [-0.3, -0.25) is 10.7 Å². The summed E-state index contributed by atoms with van der Waals surface area (Å²) in [4.78, 5) is 3.96. The molecule has 1 aromatic heterocycles. The predicted octanol–water partition coefficient (Wildman–Crippen LogP) is 2.04. The van der Waals surface area contributed by atoms with Crippen molar-refractivity contribution in [2.24, 2.45) is 0 Å². The van der Waals surface area contributed by atoms with Crippen molar-refractivity contribution in [1.29, 1.82) is 0 Å². The van der Waals surface area contributed by atoms with Crippen LogP contribution in [0.5, 0.6) is 0 Å². The predicted molar refractivity (Wildman–Crippen MR) is 47.2 cm³/mol. The van der Waals surface area contributed by atoms with Crippen LogP contribution in [-0.2, 0) is 0 Å². The van der Waals surface area contributed by atoms with Gasteiger partial charge in [-0.2, -0.15) is 0 Å². The maximum atomic E-state index is 8.72. The molecular weight excluding hydrogens is 152 g/mol. The SMILES string of the molecule is ONc1nccc2ccccc12. The number of hydrogen-bond donors (Lipinski definition) is 2. The van der Waals surface area contributed by atoms with E-state index in [0.717, 1.165) is 10.8 Å². The Morgan fingerprint density at radius 1 is 1.17 bits per heavy atom. The van der Waals surface area contributed by atoms with Crippen molar-refractivity contribution in [1.82, 2.24) is 4.98 Å². The van der Waals surface area contributed by atoms with Gasteiger partial charge in [0.05, 0.1) is 0 Å². The summed E-state index contributed by atoms with van der Waals surface area (Å²) in [6.07, 6.45) is 1.65. The van der Waals surface area contributed by atoms with Crippen molar-refractivity contribution in [3.8, 4) is 0 Å². The first kappa shape index (κ1) is 7.06. The molecule has 0 spiro atoms. The van der Waals surface area contributed by atoms with Crippen LogP contribution in [0.3, 0.4) is 0 Å². The number of nitrogens with one attached hydrogen (secondary N) is 1. The zero-order chi connectivity index (χ0) is 8.39. The van der Waals surface area contributed by atoms with Crippen molar-refractivity contribution in [3.63, 3.8) is 0 Å². The molecule has 0 saturated carbocycles. The van der Waals surface area contributed by atoms with Crippen LogP contribution in [0, 0.1) is 0 Å². The third kappa shape index (κ3) is 1.00. The molecule has 3 heteroatoms. The van der Waals surface area contributed by atoms with E-state index in [0.29, 0.717) is 5.82 Å². The van der Waals surface area contributed by atoms with Crippen molar-refractivity contribution in [2.75, 3.05) is 5.48 Å². The van der Waals surface area contributed by atoms with Crippen LogP contribution in [0.15, 0.2) is 36.5 Å². The first-order valence-electron chi connectivity index (χ1n) is 3.65.